The summed E-state index contributed by atoms with van der Waals surface area (Å²) in [6, 6.07) is 14.8. The van der Waals surface area contributed by atoms with Crippen LogP contribution in [-0.2, 0) is 24.6 Å². The highest BCUT2D eigenvalue weighted by Gasteiger charge is 2.49. The Labute approximate surface area is 258 Å². The minimum Gasteiger partial charge on any atom is -0.491 e. The largest absolute Gasteiger partial charge is 0.491 e. The Morgan fingerprint density at radius 1 is 1.02 bits per heavy atom. The molecule has 3 fully saturated rings. The molecule has 238 valence electrons. The maximum Gasteiger partial charge on any atom is 0.243 e. The molecule has 3 aromatic rings. The summed E-state index contributed by atoms with van der Waals surface area (Å²) >= 11 is 0. The van der Waals surface area contributed by atoms with Crippen LogP contribution in [0.5, 0.6) is 5.75 Å². The number of fused-ring (bicyclic) bond motifs is 1. The number of nitrogens with one attached hydrogen (secondary N) is 1. The quantitative estimate of drug-likeness (QED) is 0.283. The zero-order valence-corrected chi connectivity index (χ0v) is 26.1. The van der Waals surface area contributed by atoms with Gasteiger partial charge in [0.05, 0.1) is 38.9 Å². The van der Waals surface area contributed by atoms with E-state index in [1.165, 1.54) is 16.4 Å². The van der Waals surface area contributed by atoms with Crippen LogP contribution >= 0.6 is 0 Å². The van der Waals surface area contributed by atoms with Crippen molar-refractivity contribution in [3.63, 3.8) is 0 Å². The second-order valence-electron chi connectivity index (χ2n) is 12.2. The molecule has 3 N–H and O–H groups in total. The monoisotopic (exact) mass is 645 g/mol. The summed E-state index contributed by atoms with van der Waals surface area (Å²) in [6.07, 6.45) is 4.37. The van der Waals surface area contributed by atoms with E-state index in [4.69, 9.17) is 9.47 Å². The summed E-state index contributed by atoms with van der Waals surface area (Å²) in [4.78, 5) is 4.64. The third-order valence-corrected chi connectivity index (χ3v) is 13.8. The second kappa shape index (κ2) is 12.3. The van der Waals surface area contributed by atoms with E-state index in [0.717, 1.165) is 17.3 Å². The van der Waals surface area contributed by atoms with E-state index in [1.54, 1.807) is 42.6 Å². The zero-order chi connectivity index (χ0) is 31.0. The first-order chi connectivity index (χ1) is 21.1. The molecule has 2 aliphatic heterocycles. The Morgan fingerprint density at radius 3 is 2.55 bits per heavy atom. The Kier molecular flexibility index (Phi) is 8.74. The van der Waals surface area contributed by atoms with Crippen molar-refractivity contribution in [2.45, 2.75) is 70.8 Å². The molecule has 44 heavy (non-hydrogen) atoms. The number of hydrogen-bond acceptors (Lipinski definition) is 10. The molecule has 0 amide bonds. The molecule has 1 aliphatic carbocycles. The van der Waals surface area contributed by atoms with Crippen molar-refractivity contribution >= 4 is 30.8 Å². The predicted molar refractivity (Wildman–Crippen MR) is 164 cm³/mol. The van der Waals surface area contributed by atoms with Gasteiger partial charge in [-0.3, -0.25) is 4.98 Å². The van der Waals surface area contributed by atoms with Gasteiger partial charge in [0.15, 0.2) is 9.84 Å². The minimum absolute atomic E-state index is 0.00594. The van der Waals surface area contributed by atoms with Crippen LogP contribution < -0.4 is 10.1 Å². The van der Waals surface area contributed by atoms with Gasteiger partial charge in [-0.2, -0.15) is 4.31 Å². The summed E-state index contributed by atoms with van der Waals surface area (Å²) in [7, 11) is -7.34. The molecule has 0 radical (unpaired) electrons. The lowest BCUT2D eigenvalue weighted by Gasteiger charge is -2.39. The molecule has 1 aromatic heterocycles. The van der Waals surface area contributed by atoms with Gasteiger partial charge in [0.2, 0.25) is 10.0 Å². The van der Waals surface area contributed by atoms with Gasteiger partial charge in [-0.05, 0) is 74.6 Å². The van der Waals surface area contributed by atoms with Crippen molar-refractivity contribution in [2.24, 2.45) is 0 Å². The minimum atomic E-state index is -3.70. The molecular weight excluding hydrogens is 606 g/mol. The standard InChI is InChI=1S/C31H39N3O8S2/c35-22-31(9-3-10-31)43(37,38)27-6-1-5-26(17-27)41-21-25(36)19-33-24-18-30(42-20-24)11-14-34(15-12-30)44(39,40)28-7-8-29-23(16-28)4-2-13-32-29/h1-2,4-8,13,16-17,24-25,33,35-36H,3,9-12,14-15,18-22H2/t24-,25?/m1/s1. The van der Waals surface area contributed by atoms with Crippen molar-refractivity contribution in [3.8, 4) is 5.75 Å². The maximum atomic E-state index is 13.4. The van der Waals surface area contributed by atoms with Gasteiger partial charge >= 0.3 is 0 Å². The number of aliphatic hydroxyl groups excluding tert-OH is 2. The van der Waals surface area contributed by atoms with Crippen molar-refractivity contribution < 1.29 is 36.5 Å². The van der Waals surface area contributed by atoms with Crippen molar-refractivity contribution in [1.29, 1.82) is 0 Å². The molecule has 3 aliphatic rings. The Hall–Kier alpha value is -2.65. The Morgan fingerprint density at radius 2 is 1.82 bits per heavy atom. The number of sulfone groups is 1. The van der Waals surface area contributed by atoms with Gasteiger partial charge in [0, 0.05) is 37.3 Å². The normalized spacial score (nSPS) is 22.5. The van der Waals surface area contributed by atoms with Gasteiger partial charge in [0.1, 0.15) is 18.5 Å². The highest BCUT2D eigenvalue weighted by molar-refractivity contribution is 7.93. The number of aliphatic hydroxyl groups is 2. The lowest BCUT2D eigenvalue weighted by atomic mass is 9.85. The van der Waals surface area contributed by atoms with Gasteiger partial charge in [0.25, 0.3) is 0 Å². The molecule has 13 heteroatoms. The molecule has 1 unspecified atom stereocenters. The smallest absolute Gasteiger partial charge is 0.243 e. The highest BCUT2D eigenvalue weighted by atomic mass is 32.2. The second-order valence-corrected chi connectivity index (χ2v) is 16.5. The summed E-state index contributed by atoms with van der Waals surface area (Å²) < 4.78 is 65.2. The third kappa shape index (κ3) is 5.98. The molecule has 3 heterocycles. The Balaban J connectivity index is 0.972. The fourth-order valence-corrected chi connectivity index (χ4v) is 9.94. The fourth-order valence-electron chi connectivity index (χ4n) is 6.44. The van der Waals surface area contributed by atoms with Crippen LogP contribution in [0.25, 0.3) is 10.9 Å². The molecule has 1 spiro atoms. The first-order valence-electron chi connectivity index (χ1n) is 15.0. The molecule has 2 saturated heterocycles. The van der Waals surface area contributed by atoms with Crippen LogP contribution in [0, 0.1) is 0 Å². The average molecular weight is 646 g/mol. The molecule has 11 nitrogen and oxygen atoms in total. The van der Waals surface area contributed by atoms with E-state index >= 15 is 0 Å². The van der Waals surface area contributed by atoms with Crippen LogP contribution in [0.1, 0.15) is 38.5 Å². The van der Waals surface area contributed by atoms with E-state index in [2.05, 4.69) is 10.3 Å². The molecule has 6 rings (SSSR count). The maximum absolute atomic E-state index is 13.4. The van der Waals surface area contributed by atoms with Crippen molar-refractivity contribution in [3.05, 3.63) is 60.8 Å². The van der Waals surface area contributed by atoms with Crippen LogP contribution in [0.4, 0.5) is 0 Å². The van der Waals surface area contributed by atoms with Gasteiger partial charge in [-0.15, -0.1) is 0 Å². The number of sulfonamides is 1. The zero-order valence-electron chi connectivity index (χ0n) is 24.5. The van der Waals surface area contributed by atoms with Crippen LogP contribution in [0.2, 0.25) is 0 Å². The molecule has 1 saturated carbocycles. The van der Waals surface area contributed by atoms with Crippen molar-refractivity contribution in [1.82, 2.24) is 14.6 Å². The molecule has 2 aromatic carbocycles. The predicted octanol–water partition coefficient (Wildman–Crippen LogP) is 2.27. The number of hydrogen-bond donors (Lipinski definition) is 3. The van der Waals surface area contributed by atoms with Gasteiger partial charge < -0.3 is 25.0 Å². The molecule has 2 atom stereocenters. The summed E-state index contributed by atoms with van der Waals surface area (Å²) in [5.74, 6) is 0.336. The van der Waals surface area contributed by atoms with E-state index in [0.29, 0.717) is 57.6 Å². The van der Waals surface area contributed by atoms with E-state index in [9.17, 15) is 27.0 Å². The van der Waals surface area contributed by atoms with Crippen molar-refractivity contribution in [2.75, 3.05) is 39.5 Å². The van der Waals surface area contributed by atoms with Gasteiger partial charge in [-0.25, -0.2) is 16.8 Å². The molecule has 0 bridgehead atoms. The van der Waals surface area contributed by atoms with Crippen LogP contribution in [-0.4, -0.2) is 98.3 Å². The number of benzene rings is 2. The summed E-state index contributed by atoms with van der Waals surface area (Å²) in [6.45, 7) is 1.02. The number of nitrogens with zero attached hydrogens (tertiary/aromatic N) is 2. The number of ether oxygens (including phenoxy) is 2. The fraction of sp³-hybridized carbons (Fsp3) is 0.516. The number of pyridine rings is 1. The van der Waals surface area contributed by atoms with E-state index in [1.807, 2.05) is 6.07 Å². The summed E-state index contributed by atoms with van der Waals surface area (Å²) in [5, 5.41) is 24.4. The van der Waals surface area contributed by atoms with E-state index < -0.39 is 42.9 Å². The van der Waals surface area contributed by atoms with E-state index in [-0.39, 0.29) is 29.0 Å². The first-order valence-corrected chi connectivity index (χ1v) is 18.0. The lowest BCUT2D eigenvalue weighted by molar-refractivity contribution is -0.0312. The Bertz CT molecular complexity index is 1700. The lowest BCUT2D eigenvalue weighted by Crippen LogP contribution is -2.48. The topological polar surface area (TPSA) is 155 Å². The van der Waals surface area contributed by atoms with Gasteiger partial charge in [-0.1, -0.05) is 18.6 Å². The number of rotatable bonds is 11. The third-order valence-electron chi connectivity index (χ3n) is 9.38. The number of aromatic nitrogens is 1. The van der Waals surface area contributed by atoms with Crippen LogP contribution in [0.3, 0.4) is 0 Å². The molecular formula is C31H39N3O8S2. The first kappa shape index (κ1) is 31.3. The number of piperidine rings is 1. The SMILES string of the molecule is O=S(=O)(c1ccc2ncccc2c1)N1CCC2(CC1)C[C@@H](NCC(O)COc1cccc(S(=O)(=O)C3(CO)CCC3)c1)CO2. The highest BCUT2D eigenvalue weighted by Crippen LogP contribution is 2.43. The summed E-state index contributed by atoms with van der Waals surface area (Å²) in [5.41, 5.74) is 0.343. The average Bonchev–Trinajstić information content (AvgIpc) is 3.40. The van der Waals surface area contributed by atoms with Crippen LogP contribution in [0.15, 0.2) is 70.6 Å².